The third-order valence-electron chi connectivity index (χ3n) is 3.02. The first-order valence-electron chi connectivity index (χ1n) is 6.94. The predicted octanol–water partition coefficient (Wildman–Crippen LogP) is 2.77. The molecule has 0 aliphatic heterocycles. The average Bonchev–Trinajstić information content (AvgIpc) is 2.35. The van der Waals surface area contributed by atoms with Crippen LogP contribution in [0.2, 0.25) is 0 Å². The minimum absolute atomic E-state index is 0.142. The molecular formula is C16H26N2O2. The number of carbonyl (C=O) groups is 1. The summed E-state index contributed by atoms with van der Waals surface area (Å²) in [6.45, 7) is 8.23. The molecular weight excluding hydrogens is 252 g/mol. The highest BCUT2D eigenvalue weighted by molar-refractivity contribution is 5.67. The fourth-order valence-electron chi connectivity index (χ4n) is 1.68. The van der Waals surface area contributed by atoms with Gasteiger partial charge < -0.3 is 15.0 Å². The second-order valence-electron chi connectivity index (χ2n) is 6.25. The molecule has 0 fully saturated rings. The van der Waals surface area contributed by atoms with Crippen molar-refractivity contribution in [1.82, 2.24) is 10.2 Å². The van der Waals surface area contributed by atoms with Crippen molar-refractivity contribution in [2.45, 2.75) is 32.8 Å². The maximum Gasteiger partial charge on any atom is 0.407 e. The fraction of sp³-hybridized carbons (Fsp3) is 0.562. The van der Waals surface area contributed by atoms with Crippen molar-refractivity contribution in [3.8, 4) is 0 Å². The third kappa shape index (κ3) is 6.06. The number of carbonyl (C=O) groups excluding carboxylic acids is 1. The normalized spacial score (nSPS) is 11.5. The maximum atomic E-state index is 11.5. The van der Waals surface area contributed by atoms with Crippen molar-refractivity contribution in [1.29, 1.82) is 0 Å². The zero-order valence-electron chi connectivity index (χ0n) is 13.2. The van der Waals surface area contributed by atoms with Crippen LogP contribution in [0.4, 0.5) is 4.79 Å². The van der Waals surface area contributed by atoms with Crippen LogP contribution in [-0.2, 0) is 16.8 Å². The number of benzene rings is 1. The standard InChI is InChI=1S/C16H26N2O2/c1-16(2,3)14-8-6-13(7-9-14)12-20-15(19)17-10-11-18(4)5/h6-9H,10-12H2,1-5H3,(H,17,19). The molecule has 4 heteroatoms. The molecule has 0 spiro atoms. The van der Waals surface area contributed by atoms with Crippen LogP contribution in [0, 0.1) is 0 Å². The quantitative estimate of drug-likeness (QED) is 0.900. The second kappa shape index (κ2) is 7.29. The maximum absolute atomic E-state index is 11.5. The topological polar surface area (TPSA) is 41.6 Å². The summed E-state index contributed by atoms with van der Waals surface area (Å²) >= 11 is 0. The predicted molar refractivity (Wildman–Crippen MR) is 81.9 cm³/mol. The van der Waals surface area contributed by atoms with Gasteiger partial charge in [-0.1, -0.05) is 45.0 Å². The van der Waals surface area contributed by atoms with Crippen molar-refractivity contribution in [2.24, 2.45) is 0 Å². The Hall–Kier alpha value is -1.55. The first kappa shape index (κ1) is 16.5. The van der Waals surface area contributed by atoms with Crippen LogP contribution >= 0.6 is 0 Å². The molecule has 1 N–H and O–H groups in total. The van der Waals surface area contributed by atoms with Crippen molar-refractivity contribution in [3.63, 3.8) is 0 Å². The van der Waals surface area contributed by atoms with Gasteiger partial charge in [0.05, 0.1) is 0 Å². The Labute approximate surface area is 122 Å². The van der Waals surface area contributed by atoms with Crippen LogP contribution in [-0.4, -0.2) is 38.2 Å². The first-order valence-corrected chi connectivity index (χ1v) is 6.94. The highest BCUT2D eigenvalue weighted by atomic mass is 16.5. The number of likely N-dealkylation sites (N-methyl/N-ethyl adjacent to an activating group) is 1. The van der Waals surface area contributed by atoms with Gasteiger partial charge in [0.15, 0.2) is 0 Å². The number of hydrogen-bond acceptors (Lipinski definition) is 3. The van der Waals surface area contributed by atoms with E-state index in [0.717, 1.165) is 12.1 Å². The Bertz CT molecular complexity index is 419. The summed E-state index contributed by atoms with van der Waals surface area (Å²) < 4.78 is 5.17. The smallest absolute Gasteiger partial charge is 0.407 e. The van der Waals surface area contributed by atoms with Crippen LogP contribution in [0.1, 0.15) is 31.9 Å². The Morgan fingerprint density at radius 2 is 1.80 bits per heavy atom. The number of nitrogens with one attached hydrogen (secondary N) is 1. The summed E-state index contributed by atoms with van der Waals surface area (Å²) in [6.07, 6.45) is -0.369. The minimum Gasteiger partial charge on any atom is -0.445 e. The molecule has 1 rings (SSSR count). The van der Waals surface area contributed by atoms with Gasteiger partial charge in [0, 0.05) is 13.1 Å². The summed E-state index contributed by atoms with van der Waals surface area (Å²) in [7, 11) is 3.92. The summed E-state index contributed by atoms with van der Waals surface area (Å²) in [5.41, 5.74) is 2.42. The van der Waals surface area contributed by atoms with Crippen LogP contribution in [0.3, 0.4) is 0 Å². The lowest BCUT2D eigenvalue weighted by Gasteiger charge is -2.19. The second-order valence-corrected chi connectivity index (χ2v) is 6.25. The van der Waals surface area contributed by atoms with E-state index in [0.29, 0.717) is 13.2 Å². The number of hydrogen-bond donors (Lipinski definition) is 1. The van der Waals surface area contributed by atoms with Gasteiger partial charge in [-0.15, -0.1) is 0 Å². The van der Waals surface area contributed by atoms with Crippen LogP contribution in [0.25, 0.3) is 0 Å². The SMILES string of the molecule is CN(C)CCNC(=O)OCc1ccc(C(C)(C)C)cc1. The zero-order valence-corrected chi connectivity index (χ0v) is 13.2. The lowest BCUT2D eigenvalue weighted by molar-refractivity contribution is 0.139. The van der Waals surface area contributed by atoms with Crippen molar-refractivity contribution < 1.29 is 9.53 Å². The molecule has 1 aromatic carbocycles. The van der Waals surface area contributed by atoms with Gasteiger partial charge in [-0.2, -0.15) is 0 Å². The zero-order chi connectivity index (χ0) is 15.2. The molecule has 1 amide bonds. The van der Waals surface area contributed by atoms with E-state index in [-0.39, 0.29) is 11.5 Å². The first-order chi connectivity index (χ1) is 9.29. The Kier molecular flexibility index (Phi) is 6.02. The summed E-state index contributed by atoms with van der Waals surface area (Å²) in [4.78, 5) is 13.5. The van der Waals surface area contributed by atoms with Gasteiger partial charge in [-0.25, -0.2) is 4.79 Å². The third-order valence-corrected chi connectivity index (χ3v) is 3.02. The number of nitrogens with zero attached hydrogens (tertiary/aromatic N) is 1. The van der Waals surface area contributed by atoms with Crippen molar-refractivity contribution in [3.05, 3.63) is 35.4 Å². The summed E-state index contributed by atoms with van der Waals surface area (Å²) in [5.74, 6) is 0. The van der Waals surface area contributed by atoms with Gasteiger partial charge in [-0.3, -0.25) is 0 Å². The Morgan fingerprint density at radius 1 is 1.20 bits per heavy atom. The number of amides is 1. The van der Waals surface area contributed by atoms with E-state index < -0.39 is 0 Å². The number of alkyl carbamates (subject to hydrolysis) is 1. The van der Waals surface area contributed by atoms with E-state index in [2.05, 4.69) is 38.2 Å². The highest BCUT2D eigenvalue weighted by Gasteiger charge is 2.13. The van der Waals surface area contributed by atoms with E-state index in [1.807, 2.05) is 31.1 Å². The Morgan fingerprint density at radius 3 is 2.30 bits per heavy atom. The lowest BCUT2D eigenvalue weighted by Crippen LogP contribution is -2.31. The van der Waals surface area contributed by atoms with Crippen molar-refractivity contribution >= 4 is 6.09 Å². The van der Waals surface area contributed by atoms with Gasteiger partial charge >= 0.3 is 6.09 Å². The molecule has 0 unspecified atom stereocenters. The largest absolute Gasteiger partial charge is 0.445 e. The monoisotopic (exact) mass is 278 g/mol. The highest BCUT2D eigenvalue weighted by Crippen LogP contribution is 2.22. The van der Waals surface area contributed by atoms with Crippen molar-refractivity contribution in [2.75, 3.05) is 27.2 Å². The van der Waals surface area contributed by atoms with Gasteiger partial charge in [0.2, 0.25) is 0 Å². The molecule has 0 atom stereocenters. The molecule has 4 nitrogen and oxygen atoms in total. The summed E-state index contributed by atoms with van der Waals surface area (Å²) in [5, 5.41) is 2.72. The van der Waals surface area contributed by atoms with E-state index in [4.69, 9.17) is 4.74 Å². The fourth-order valence-corrected chi connectivity index (χ4v) is 1.68. The van der Waals surface area contributed by atoms with E-state index >= 15 is 0 Å². The van der Waals surface area contributed by atoms with Gasteiger partial charge in [0.1, 0.15) is 6.61 Å². The molecule has 0 heterocycles. The van der Waals surface area contributed by atoms with E-state index in [1.54, 1.807) is 0 Å². The Balaban J connectivity index is 2.37. The molecule has 0 aliphatic rings. The summed E-state index contributed by atoms with van der Waals surface area (Å²) in [6, 6.07) is 8.19. The van der Waals surface area contributed by atoms with Crippen LogP contribution in [0.15, 0.2) is 24.3 Å². The molecule has 0 aliphatic carbocycles. The van der Waals surface area contributed by atoms with Gasteiger partial charge in [0.25, 0.3) is 0 Å². The molecule has 20 heavy (non-hydrogen) atoms. The minimum atomic E-state index is -0.369. The molecule has 0 aromatic heterocycles. The molecule has 0 saturated heterocycles. The van der Waals surface area contributed by atoms with Gasteiger partial charge in [-0.05, 0) is 30.6 Å². The number of ether oxygens (including phenoxy) is 1. The number of rotatable bonds is 5. The van der Waals surface area contributed by atoms with Crippen LogP contribution in [0.5, 0.6) is 0 Å². The molecule has 0 bridgehead atoms. The molecule has 0 radical (unpaired) electrons. The van der Waals surface area contributed by atoms with E-state index in [1.165, 1.54) is 5.56 Å². The average molecular weight is 278 g/mol. The van der Waals surface area contributed by atoms with E-state index in [9.17, 15) is 4.79 Å². The molecule has 112 valence electrons. The van der Waals surface area contributed by atoms with Crippen LogP contribution < -0.4 is 5.32 Å². The molecule has 1 aromatic rings. The lowest BCUT2D eigenvalue weighted by atomic mass is 9.87. The molecule has 0 saturated carbocycles.